The van der Waals surface area contributed by atoms with Gasteiger partial charge in [-0.25, -0.2) is 4.79 Å². The van der Waals surface area contributed by atoms with Crippen molar-refractivity contribution in [2.75, 3.05) is 12.0 Å². The Bertz CT molecular complexity index is 1740. The van der Waals surface area contributed by atoms with Crippen molar-refractivity contribution in [3.63, 3.8) is 0 Å². The van der Waals surface area contributed by atoms with Crippen molar-refractivity contribution in [2.24, 2.45) is 5.10 Å². The molecule has 0 atom stereocenters. The number of rotatable bonds is 9. The minimum Gasteiger partial charge on any atom is -0.487 e. The van der Waals surface area contributed by atoms with Crippen LogP contribution in [0.4, 0.5) is 11.4 Å². The number of benzene rings is 4. The van der Waals surface area contributed by atoms with Gasteiger partial charge in [0.15, 0.2) is 0 Å². The third kappa shape index (κ3) is 6.07. The van der Waals surface area contributed by atoms with Crippen LogP contribution in [0.3, 0.4) is 0 Å². The highest BCUT2D eigenvalue weighted by molar-refractivity contribution is 6.02. The van der Waals surface area contributed by atoms with Gasteiger partial charge in [0.1, 0.15) is 23.7 Å². The molecule has 8 heteroatoms. The van der Waals surface area contributed by atoms with Gasteiger partial charge in [-0.15, -0.1) is 0 Å². The molecule has 5 rings (SSSR count). The molecule has 1 heterocycles. The maximum absolute atomic E-state index is 12.9. The summed E-state index contributed by atoms with van der Waals surface area (Å²) in [7, 11) is 0. The first-order valence-electron chi connectivity index (χ1n) is 12.7. The molecule has 0 unspecified atom stereocenters. The Labute approximate surface area is 230 Å². The largest absolute Gasteiger partial charge is 0.487 e. The smallest absolute Gasteiger partial charge is 0.340 e. The van der Waals surface area contributed by atoms with Crippen LogP contribution in [0.15, 0.2) is 111 Å². The van der Waals surface area contributed by atoms with Crippen molar-refractivity contribution in [2.45, 2.75) is 20.3 Å². The van der Waals surface area contributed by atoms with E-state index in [1.807, 2.05) is 80.6 Å². The van der Waals surface area contributed by atoms with Gasteiger partial charge in [0.2, 0.25) is 0 Å². The molecule has 4 aromatic carbocycles. The van der Waals surface area contributed by atoms with E-state index in [2.05, 4.69) is 10.5 Å². The molecule has 40 heavy (non-hydrogen) atoms. The molecule has 200 valence electrons. The van der Waals surface area contributed by atoms with Crippen LogP contribution < -0.4 is 15.8 Å². The fraction of sp³-hybridized carbons (Fsp3) is 0.125. The van der Waals surface area contributed by atoms with E-state index >= 15 is 0 Å². The van der Waals surface area contributed by atoms with E-state index in [-0.39, 0.29) is 17.9 Å². The third-order valence-corrected chi connectivity index (χ3v) is 6.64. The third-order valence-electron chi connectivity index (χ3n) is 6.64. The van der Waals surface area contributed by atoms with Gasteiger partial charge in [0.05, 0.1) is 10.6 Å². The van der Waals surface area contributed by atoms with Crippen LogP contribution in [0.5, 0.6) is 5.75 Å². The summed E-state index contributed by atoms with van der Waals surface area (Å²) in [5.41, 5.74) is 8.80. The van der Waals surface area contributed by atoms with E-state index < -0.39 is 4.92 Å². The van der Waals surface area contributed by atoms with Crippen molar-refractivity contribution in [3.05, 3.63) is 145 Å². The van der Waals surface area contributed by atoms with Crippen molar-refractivity contribution in [1.82, 2.24) is 0 Å². The van der Waals surface area contributed by atoms with E-state index in [0.717, 1.165) is 27.6 Å². The Kier molecular flexibility index (Phi) is 7.68. The lowest BCUT2D eigenvalue weighted by Crippen LogP contribution is -2.15. The summed E-state index contributed by atoms with van der Waals surface area (Å²) in [5, 5.41) is 16.3. The number of anilines is 1. The monoisotopic (exact) mass is 533 g/mol. The van der Waals surface area contributed by atoms with Crippen LogP contribution >= 0.6 is 0 Å². The first kappa shape index (κ1) is 26.4. The van der Waals surface area contributed by atoms with Crippen LogP contribution in [0.1, 0.15) is 27.8 Å². The minimum atomic E-state index is -0.449. The summed E-state index contributed by atoms with van der Waals surface area (Å²) >= 11 is 0. The molecule has 0 saturated heterocycles. The lowest BCUT2D eigenvalue weighted by atomic mass is 10.00. The Morgan fingerprint density at radius 3 is 2.38 bits per heavy atom. The van der Waals surface area contributed by atoms with E-state index in [9.17, 15) is 14.9 Å². The molecule has 0 aliphatic rings. The van der Waals surface area contributed by atoms with Gasteiger partial charge in [-0.3, -0.25) is 15.5 Å². The van der Waals surface area contributed by atoms with Crippen LogP contribution in [0.25, 0.3) is 11.0 Å². The zero-order chi connectivity index (χ0) is 28.1. The second-order valence-electron chi connectivity index (χ2n) is 9.44. The number of nitro benzene ring substituents is 1. The number of fused-ring (bicyclic) bond motifs is 1. The first-order valence-corrected chi connectivity index (χ1v) is 12.7. The summed E-state index contributed by atoms with van der Waals surface area (Å²) in [5.74, 6) is 0.529. The normalized spacial score (nSPS) is 11.4. The average Bonchev–Trinajstić information content (AvgIpc) is 2.96. The molecule has 0 fully saturated rings. The van der Waals surface area contributed by atoms with Crippen molar-refractivity contribution in [3.8, 4) is 5.75 Å². The topological polar surface area (TPSA) is 107 Å². The van der Waals surface area contributed by atoms with Gasteiger partial charge in [0.25, 0.3) is 5.69 Å². The molecule has 0 amide bonds. The van der Waals surface area contributed by atoms with E-state index in [0.29, 0.717) is 34.7 Å². The van der Waals surface area contributed by atoms with Crippen molar-refractivity contribution < 1.29 is 14.1 Å². The van der Waals surface area contributed by atoms with Gasteiger partial charge < -0.3 is 9.15 Å². The number of nitro groups is 1. The fourth-order valence-electron chi connectivity index (χ4n) is 4.34. The zero-order valence-corrected chi connectivity index (χ0v) is 22.1. The number of hydrogen-bond acceptors (Lipinski definition) is 7. The highest BCUT2D eigenvalue weighted by Gasteiger charge is 2.14. The molecule has 0 radical (unpaired) electrons. The quantitative estimate of drug-likeness (QED) is 0.0966. The number of hydrogen-bond donors (Lipinski definition) is 1. The summed E-state index contributed by atoms with van der Waals surface area (Å²) in [4.78, 5) is 23.3. The Balaban J connectivity index is 1.38. The molecule has 0 aliphatic carbocycles. The standard InChI is InChI=1S/C32H27N3O5/c1-21-8-10-24(11-9-21)30(34-33-25-12-14-26(15-13-25)35(37)38)20-39-27-16-17-28-22(2)29(32(36)40-31(28)19-27)18-23-6-4-3-5-7-23/h3-17,19,33H,18,20H2,1-2H3/b34-30+. The second-order valence-corrected chi connectivity index (χ2v) is 9.44. The van der Waals surface area contributed by atoms with E-state index in [1.165, 1.54) is 12.1 Å². The number of ether oxygens (including phenoxy) is 1. The Hall–Kier alpha value is -5.24. The number of aryl methyl sites for hydroxylation is 2. The average molecular weight is 534 g/mol. The number of non-ortho nitro benzene ring substituents is 1. The lowest BCUT2D eigenvalue weighted by molar-refractivity contribution is -0.384. The van der Waals surface area contributed by atoms with Gasteiger partial charge in [-0.05, 0) is 49.2 Å². The van der Waals surface area contributed by atoms with Crippen LogP contribution in [-0.2, 0) is 6.42 Å². The predicted octanol–water partition coefficient (Wildman–Crippen LogP) is 6.80. The van der Waals surface area contributed by atoms with Crippen molar-refractivity contribution in [1.29, 1.82) is 0 Å². The number of nitrogens with one attached hydrogen (secondary N) is 1. The lowest BCUT2D eigenvalue weighted by Gasteiger charge is -2.12. The van der Waals surface area contributed by atoms with Crippen LogP contribution in [0.2, 0.25) is 0 Å². The molecule has 1 N–H and O–H groups in total. The number of nitrogens with zero attached hydrogens (tertiary/aromatic N) is 2. The molecular formula is C32H27N3O5. The minimum absolute atomic E-state index is 0.00185. The summed E-state index contributed by atoms with van der Waals surface area (Å²) in [6.45, 7) is 4.07. The second kappa shape index (κ2) is 11.7. The first-order chi connectivity index (χ1) is 19.4. The Morgan fingerprint density at radius 1 is 0.950 bits per heavy atom. The maximum Gasteiger partial charge on any atom is 0.340 e. The molecule has 0 bridgehead atoms. The van der Waals surface area contributed by atoms with Gasteiger partial charge in [-0.1, -0.05) is 60.2 Å². The van der Waals surface area contributed by atoms with Crippen molar-refractivity contribution >= 4 is 28.1 Å². The summed E-state index contributed by atoms with van der Waals surface area (Å²) in [6, 6.07) is 29.2. The SMILES string of the molecule is Cc1ccc(/C(COc2ccc3c(C)c(Cc4ccccc4)c(=O)oc3c2)=N/Nc2ccc([N+](=O)[O-])cc2)cc1. The molecule has 0 spiro atoms. The zero-order valence-electron chi connectivity index (χ0n) is 22.1. The van der Waals surface area contributed by atoms with Gasteiger partial charge >= 0.3 is 5.63 Å². The molecule has 0 saturated carbocycles. The van der Waals surface area contributed by atoms with E-state index in [4.69, 9.17) is 9.15 Å². The maximum atomic E-state index is 12.9. The molecule has 1 aromatic heterocycles. The predicted molar refractivity (Wildman–Crippen MR) is 156 cm³/mol. The Morgan fingerprint density at radius 2 is 1.68 bits per heavy atom. The summed E-state index contributed by atoms with van der Waals surface area (Å²) < 4.78 is 11.8. The van der Waals surface area contributed by atoms with Gasteiger partial charge in [-0.2, -0.15) is 5.10 Å². The highest BCUT2D eigenvalue weighted by Crippen LogP contribution is 2.25. The number of hydrazone groups is 1. The fourth-order valence-corrected chi connectivity index (χ4v) is 4.34. The molecule has 5 aromatic rings. The molecule has 0 aliphatic heterocycles. The summed E-state index contributed by atoms with van der Waals surface area (Å²) in [6.07, 6.45) is 0.501. The van der Waals surface area contributed by atoms with Crippen LogP contribution in [-0.4, -0.2) is 17.2 Å². The highest BCUT2D eigenvalue weighted by atomic mass is 16.6. The van der Waals surface area contributed by atoms with E-state index in [1.54, 1.807) is 18.2 Å². The van der Waals surface area contributed by atoms with Gasteiger partial charge in [0, 0.05) is 41.1 Å². The molecule has 8 nitrogen and oxygen atoms in total. The van der Waals surface area contributed by atoms with Crippen LogP contribution in [0, 0.1) is 24.0 Å². The molecular weight excluding hydrogens is 506 g/mol.